The van der Waals surface area contributed by atoms with Gasteiger partial charge >= 0.3 is 6.09 Å². The molecule has 8 heteroatoms. The molecule has 0 spiro atoms. The maximum absolute atomic E-state index is 14.1. The van der Waals surface area contributed by atoms with Gasteiger partial charge in [0.25, 0.3) is 0 Å². The number of halogens is 1. The van der Waals surface area contributed by atoms with Crippen molar-refractivity contribution < 1.29 is 14.7 Å². The van der Waals surface area contributed by atoms with Crippen molar-refractivity contribution in [1.82, 2.24) is 9.88 Å². The van der Waals surface area contributed by atoms with Gasteiger partial charge in [0, 0.05) is 48.4 Å². The van der Waals surface area contributed by atoms with Crippen LogP contribution in [0, 0.1) is 0 Å². The van der Waals surface area contributed by atoms with Crippen molar-refractivity contribution in [1.29, 1.82) is 0 Å². The van der Waals surface area contributed by atoms with Crippen LogP contribution in [0.15, 0.2) is 67.0 Å². The van der Waals surface area contributed by atoms with Crippen molar-refractivity contribution >= 4 is 35.0 Å². The molecular formula is C27H27ClN4O3. The molecule has 5 rings (SSSR count). The summed E-state index contributed by atoms with van der Waals surface area (Å²) in [5, 5.41) is 13.8. The predicted octanol–water partition coefficient (Wildman–Crippen LogP) is 4.97. The van der Waals surface area contributed by atoms with Crippen LogP contribution in [0.3, 0.4) is 0 Å². The van der Waals surface area contributed by atoms with Crippen molar-refractivity contribution in [2.45, 2.75) is 31.2 Å². The van der Waals surface area contributed by atoms with Crippen LogP contribution in [0.4, 0.5) is 16.2 Å². The first-order chi connectivity index (χ1) is 16.8. The molecule has 0 aliphatic carbocycles. The summed E-state index contributed by atoms with van der Waals surface area (Å²) in [7, 11) is 0. The van der Waals surface area contributed by atoms with Gasteiger partial charge in [0.15, 0.2) is 0 Å². The van der Waals surface area contributed by atoms with Crippen molar-refractivity contribution in [2.24, 2.45) is 0 Å². The number of hydrogen-bond donors (Lipinski definition) is 2. The number of carboxylic acid groups (broad SMARTS) is 1. The lowest BCUT2D eigenvalue weighted by atomic mass is 9.66. The lowest BCUT2D eigenvalue weighted by Crippen LogP contribution is -2.65. The molecule has 0 saturated carbocycles. The number of benzene rings is 2. The maximum Gasteiger partial charge on any atom is 0.407 e. The highest BCUT2D eigenvalue weighted by Crippen LogP contribution is 2.50. The van der Waals surface area contributed by atoms with Crippen LogP contribution in [0.5, 0.6) is 0 Å². The highest BCUT2D eigenvalue weighted by molar-refractivity contribution is 6.31. The van der Waals surface area contributed by atoms with E-state index in [4.69, 9.17) is 11.6 Å². The van der Waals surface area contributed by atoms with Crippen LogP contribution in [0.1, 0.15) is 36.5 Å². The second kappa shape index (κ2) is 8.89. The standard InChI is InChI=1S/C27H27ClN4O3/c1-17(2)20-5-3-4-6-21(20)27(22-15-18(28)7-8-23(22)30-25(27)33)24-16-31(13-14-32(24)26(34)35)19-9-11-29-12-10-19/h3-12,15,17,24H,13-14,16H2,1-2H3,(H,30,33)(H,34,35). The van der Waals surface area contributed by atoms with Gasteiger partial charge < -0.3 is 20.2 Å². The van der Waals surface area contributed by atoms with Crippen molar-refractivity contribution in [2.75, 3.05) is 29.9 Å². The minimum atomic E-state index is -1.27. The third-order valence-electron chi connectivity index (χ3n) is 7.17. The van der Waals surface area contributed by atoms with Gasteiger partial charge in [-0.2, -0.15) is 0 Å². The smallest absolute Gasteiger partial charge is 0.407 e. The van der Waals surface area contributed by atoms with Crippen LogP contribution in [-0.2, 0) is 10.2 Å². The zero-order valence-electron chi connectivity index (χ0n) is 19.6. The Bertz CT molecular complexity index is 1280. The average Bonchev–Trinajstić information content (AvgIpc) is 3.15. The lowest BCUT2D eigenvalue weighted by Gasteiger charge is -2.49. The molecule has 0 radical (unpaired) electrons. The minimum Gasteiger partial charge on any atom is -0.465 e. The van der Waals surface area contributed by atoms with Gasteiger partial charge in [-0.25, -0.2) is 4.79 Å². The van der Waals surface area contributed by atoms with E-state index in [1.54, 1.807) is 30.6 Å². The molecule has 35 heavy (non-hydrogen) atoms. The number of carbonyl (C=O) groups is 2. The molecule has 3 heterocycles. The molecule has 2 aromatic carbocycles. The predicted molar refractivity (Wildman–Crippen MR) is 136 cm³/mol. The number of pyridine rings is 1. The maximum atomic E-state index is 14.1. The fourth-order valence-electron chi connectivity index (χ4n) is 5.60. The Morgan fingerprint density at radius 1 is 1.11 bits per heavy atom. The first-order valence-electron chi connectivity index (χ1n) is 11.7. The number of anilines is 2. The minimum absolute atomic E-state index is 0.122. The Kier molecular flexibility index (Phi) is 5.89. The number of hydrogen-bond acceptors (Lipinski definition) is 4. The summed E-state index contributed by atoms with van der Waals surface area (Å²) >= 11 is 6.46. The summed E-state index contributed by atoms with van der Waals surface area (Å²) < 4.78 is 0. The van der Waals surface area contributed by atoms with Crippen molar-refractivity contribution in [3.05, 3.63) is 88.7 Å². The number of piperazine rings is 1. The summed E-state index contributed by atoms with van der Waals surface area (Å²) in [5.74, 6) is -0.118. The van der Waals surface area contributed by atoms with E-state index in [9.17, 15) is 14.7 Å². The summed E-state index contributed by atoms with van der Waals surface area (Å²) in [4.78, 5) is 34.4. The number of amides is 2. The van der Waals surface area contributed by atoms with Gasteiger partial charge in [-0.05, 0) is 52.9 Å². The number of fused-ring (bicyclic) bond motifs is 1. The zero-order valence-corrected chi connectivity index (χ0v) is 20.4. The lowest BCUT2D eigenvalue weighted by molar-refractivity contribution is -0.121. The molecule has 2 N–H and O–H groups in total. The second-order valence-electron chi connectivity index (χ2n) is 9.34. The summed E-state index contributed by atoms with van der Waals surface area (Å²) in [6.45, 7) is 5.27. The summed E-state index contributed by atoms with van der Waals surface area (Å²) in [6.07, 6.45) is 2.39. The molecule has 2 unspecified atom stereocenters. The van der Waals surface area contributed by atoms with Crippen molar-refractivity contribution in [3.8, 4) is 0 Å². The summed E-state index contributed by atoms with van der Waals surface area (Å²) in [5.41, 5.74) is 2.83. The number of nitrogens with zero attached hydrogens (tertiary/aromatic N) is 3. The molecule has 1 aromatic heterocycles. The van der Waals surface area contributed by atoms with E-state index in [0.29, 0.717) is 29.4 Å². The molecule has 7 nitrogen and oxygen atoms in total. The third kappa shape index (κ3) is 3.71. The normalized spacial score (nSPS) is 21.7. The Morgan fingerprint density at radius 3 is 2.57 bits per heavy atom. The Morgan fingerprint density at radius 2 is 1.86 bits per heavy atom. The fraction of sp³-hybridized carbons (Fsp3) is 0.296. The molecule has 180 valence electrons. The van der Waals surface area contributed by atoms with E-state index in [2.05, 4.69) is 29.0 Å². The molecule has 3 aromatic rings. The van der Waals surface area contributed by atoms with Crippen LogP contribution in [0.2, 0.25) is 5.02 Å². The Balaban J connectivity index is 1.79. The SMILES string of the molecule is CC(C)c1ccccc1C1(C2CN(c3ccncc3)CCN2C(=O)O)C(=O)Nc2ccc(Cl)cc21. The van der Waals surface area contributed by atoms with Gasteiger partial charge in [-0.15, -0.1) is 0 Å². The van der Waals surface area contributed by atoms with Crippen LogP contribution >= 0.6 is 11.6 Å². The van der Waals surface area contributed by atoms with Gasteiger partial charge in [0.05, 0.1) is 6.04 Å². The van der Waals surface area contributed by atoms with Gasteiger partial charge in [0.2, 0.25) is 5.91 Å². The average molecular weight is 491 g/mol. The Labute approximate surface area is 209 Å². The summed E-state index contributed by atoms with van der Waals surface area (Å²) in [6, 6.07) is 16.3. The number of rotatable bonds is 4. The molecule has 2 aliphatic rings. The largest absolute Gasteiger partial charge is 0.465 e. The fourth-order valence-corrected chi connectivity index (χ4v) is 5.78. The van der Waals surface area contributed by atoms with Gasteiger partial charge in [-0.3, -0.25) is 9.78 Å². The Hall–Kier alpha value is -3.58. The zero-order chi connectivity index (χ0) is 24.7. The van der Waals surface area contributed by atoms with E-state index in [0.717, 1.165) is 16.8 Å². The molecule has 2 amide bonds. The molecular weight excluding hydrogens is 464 g/mol. The third-order valence-corrected chi connectivity index (χ3v) is 7.41. The molecule has 0 bridgehead atoms. The highest BCUT2D eigenvalue weighted by Gasteiger charge is 2.58. The molecule has 2 atom stereocenters. The molecule has 1 saturated heterocycles. The van der Waals surface area contributed by atoms with E-state index >= 15 is 0 Å². The molecule has 2 aliphatic heterocycles. The van der Waals surface area contributed by atoms with Crippen molar-refractivity contribution in [3.63, 3.8) is 0 Å². The number of nitrogens with one attached hydrogen (secondary N) is 1. The topological polar surface area (TPSA) is 85.8 Å². The quantitative estimate of drug-likeness (QED) is 0.539. The van der Waals surface area contributed by atoms with E-state index < -0.39 is 17.6 Å². The second-order valence-corrected chi connectivity index (χ2v) is 9.77. The monoisotopic (exact) mass is 490 g/mol. The number of carbonyl (C=O) groups excluding carboxylic acids is 1. The van der Waals surface area contributed by atoms with Gasteiger partial charge in [-0.1, -0.05) is 49.7 Å². The molecule has 1 fully saturated rings. The van der Waals surface area contributed by atoms with Crippen LogP contribution in [0.25, 0.3) is 0 Å². The first-order valence-corrected chi connectivity index (χ1v) is 12.1. The highest BCUT2D eigenvalue weighted by atomic mass is 35.5. The van der Waals surface area contributed by atoms with E-state index in [1.165, 1.54) is 4.90 Å². The number of aromatic nitrogens is 1. The van der Waals surface area contributed by atoms with Crippen LogP contribution < -0.4 is 10.2 Å². The van der Waals surface area contributed by atoms with E-state index in [-0.39, 0.29) is 18.4 Å². The van der Waals surface area contributed by atoms with Crippen LogP contribution in [-0.4, -0.2) is 52.7 Å². The first kappa shape index (κ1) is 23.2. The van der Waals surface area contributed by atoms with E-state index in [1.807, 2.05) is 36.4 Å². The van der Waals surface area contributed by atoms with Gasteiger partial charge in [0.1, 0.15) is 5.41 Å².